The minimum Gasteiger partial charge on any atom is -0.374 e. The van der Waals surface area contributed by atoms with Crippen LogP contribution >= 0.6 is 0 Å². The van der Waals surface area contributed by atoms with Crippen LogP contribution in [0.15, 0.2) is 24.3 Å². The van der Waals surface area contributed by atoms with E-state index in [4.69, 9.17) is 4.74 Å². The highest BCUT2D eigenvalue weighted by Crippen LogP contribution is 2.37. The molecule has 24 heavy (non-hydrogen) atoms. The van der Waals surface area contributed by atoms with Crippen molar-refractivity contribution >= 4 is 0 Å². The van der Waals surface area contributed by atoms with Gasteiger partial charge < -0.3 is 4.74 Å². The van der Waals surface area contributed by atoms with Crippen molar-refractivity contribution in [1.29, 1.82) is 0 Å². The summed E-state index contributed by atoms with van der Waals surface area (Å²) in [7, 11) is 0. The lowest BCUT2D eigenvalue weighted by molar-refractivity contribution is 0.0325. The van der Waals surface area contributed by atoms with Gasteiger partial charge in [-0.05, 0) is 70.1 Å². The molecule has 138 valence electrons. The van der Waals surface area contributed by atoms with Gasteiger partial charge in [-0.25, -0.2) is 0 Å². The second kappa shape index (κ2) is 11.9. The molecule has 2 aliphatic carbocycles. The second-order valence-corrected chi connectivity index (χ2v) is 8.16. The molecule has 2 aliphatic rings. The lowest BCUT2D eigenvalue weighted by atomic mass is 9.76. The number of hydrogen-bond acceptors (Lipinski definition) is 1. The number of ether oxygens (including phenoxy) is 1. The van der Waals surface area contributed by atoms with Crippen molar-refractivity contribution in [3.8, 4) is 0 Å². The zero-order valence-electron chi connectivity index (χ0n) is 16.2. The Hall–Kier alpha value is -0.560. The average molecular weight is 333 g/mol. The van der Waals surface area contributed by atoms with Crippen LogP contribution in [0.1, 0.15) is 90.9 Å². The fourth-order valence-corrected chi connectivity index (χ4v) is 4.65. The number of rotatable bonds is 9. The van der Waals surface area contributed by atoms with Crippen molar-refractivity contribution < 1.29 is 4.74 Å². The molecule has 0 spiro atoms. The van der Waals surface area contributed by atoms with Crippen molar-refractivity contribution in [2.24, 2.45) is 17.8 Å². The molecule has 2 fully saturated rings. The van der Waals surface area contributed by atoms with Crippen LogP contribution in [-0.4, -0.2) is 12.7 Å². The van der Waals surface area contributed by atoms with Gasteiger partial charge in [0.1, 0.15) is 0 Å². The summed E-state index contributed by atoms with van der Waals surface area (Å²) in [6.45, 7) is 5.01. The molecule has 2 rings (SSSR count). The van der Waals surface area contributed by atoms with Crippen LogP contribution in [0.2, 0.25) is 0 Å². The summed E-state index contributed by atoms with van der Waals surface area (Å²) in [6, 6.07) is 0. The molecule has 0 unspecified atom stereocenters. The van der Waals surface area contributed by atoms with Gasteiger partial charge in [-0.2, -0.15) is 0 Å². The second-order valence-electron chi connectivity index (χ2n) is 8.16. The lowest BCUT2D eigenvalue weighted by Gasteiger charge is -2.32. The van der Waals surface area contributed by atoms with Crippen molar-refractivity contribution in [3.63, 3.8) is 0 Å². The number of allylic oxidation sites excluding steroid dienone is 3. The Bertz CT molecular complexity index is 318. The molecule has 0 aliphatic heterocycles. The highest BCUT2D eigenvalue weighted by Gasteiger charge is 2.24. The van der Waals surface area contributed by atoms with Crippen LogP contribution in [0.3, 0.4) is 0 Å². The molecule has 2 saturated carbocycles. The fourth-order valence-electron chi connectivity index (χ4n) is 4.65. The van der Waals surface area contributed by atoms with E-state index in [1.807, 2.05) is 0 Å². The predicted molar refractivity (Wildman–Crippen MR) is 105 cm³/mol. The maximum Gasteiger partial charge on any atom is 0.0651 e. The molecular formula is C23H40O. The summed E-state index contributed by atoms with van der Waals surface area (Å²) in [5, 5.41) is 0. The van der Waals surface area contributed by atoms with E-state index in [9.17, 15) is 0 Å². The van der Waals surface area contributed by atoms with Crippen LogP contribution in [0.4, 0.5) is 0 Å². The first kappa shape index (κ1) is 19.8. The topological polar surface area (TPSA) is 9.23 Å². The summed E-state index contributed by atoms with van der Waals surface area (Å²) in [5.74, 6) is 3.04. The summed E-state index contributed by atoms with van der Waals surface area (Å²) in [4.78, 5) is 0. The molecule has 1 heteroatoms. The van der Waals surface area contributed by atoms with Gasteiger partial charge in [-0.3, -0.25) is 0 Å². The quantitative estimate of drug-likeness (QED) is 0.410. The minimum absolute atomic E-state index is 0.532. The molecule has 0 bridgehead atoms. The van der Waals surface area contributed by atoms with E-state index in [1.165, 1.54) is 77.0 Å². The maximum absolute atomic E-state index is 5.93. The maximum atomic E-state index is 5.93. The van der Waals surface area contributed by atoms with Crippen molar-refractivity contribution in [1.82, 2.24) is 0 Å². The van der Waals surface area contributed by atoms with E-state index in [0.29, 0.717) is 6.10 Å². The molecule has 0 aromatic carbocycles. The average Bonchev–Trinajstić information content (AvgIpc) is 2.63. The molecule has 0 radical (unpaired) electrons. The van der Waals surface area contributed by atoms with E-state index < -0.39 is 0 Å². The highest BCUT2D eigenvalue weighted by atomic mass is 16.5. The summed E-state index contributed by atoms with van der Waals surface area (Å²) < 4.78 is 5.93. The molecule has 0 aromatic rings. The van der Waals surface area contributed by atoms with Gasteiger partial charge in [0.05, 0.1) is 12.7 Å². The summed E-state index contributed by atoms with van der Waals surface area (Å²) >= 11 is 0. The predicted octanol–water partition coefficient (Wildman–Crippen LogP) is 7.08. The van der Waals surface area contributed by atoms with Crippen LogP contribution < -0.4 is 0 Å². The normalized spacial score (nSPS) is 31.9. The summed E-state index contributed by atoms with van der Waals surface area (Å²) in [6.07, 6.45) is 26.4. The summed E-state index contributed by atoms with van der Waals surface area (Å²) in [5.41, 5.74) is 0. The Labute approximate surface area is 150 Å². The Kier molecular flexibility index (Phi) is 9.80. The third kappa shape index (κ3) is 7.55. The molecule has 0 amide bonds. The van der Waals surface area contributed by atoms with Crippen LogP contribution in [0, 0.1) is 17.8 Å². The van der Waals surface area contributed by atoms with Crippen LogP contribution in [0.5, 0.6) is 0 Å². The van der Waals surface area contributed by atoms with Crippen molar-refractivity contribution in [2.75, 3.05) is 6.61 Å². The Morgan fingerprint density at radius 3 is 1.71 bits per heavy atom. The molecule has 0 saturated heterocycles. The Balaban J connectivity index is 1.52. The molecule has 0 atom stereocenters. The third-order valence-electron chi connectivity index (χ3n) is 6.38. The fraction of sp³-hybridized carbons (Fsp3) is 0.826. The largest absolute Gasteiger partial charge is 0.374 e. The van der Waals surface area contributed by atoms with Gasteiger partial charge in [0.15, 0.2) is 0 Å². The van der Waals surface area contributed by atoms with Crippen molar-refractivity contribution in [3.05, 3.63) is 24.3 Å². The molecule has 1 nitrogen and oxygen atoms in total. The SMILES string of the molecule is C/C=C/CCC1CCC(CCC2CCC(OC/C=C/C)CC2)CC1. The van der Waals surface area contributed by atoms with E-state index in [1.54, 1.807) is 0 Å². The third-order valence-corrected chi connectivity index (χ3v) is 6.38. The molecule has 0 N–H and O–H groups in total. The van der Waals surface area contributed by atoms with Gasteiger partial charge in [0.2, 0.25) is 0 Å². The zero-order valence-corrected chi connectivity index (χ0v) is 16.2. The monoisotopic (exact) mass is 332 g/mol. The molecule has 0 aromatic heterocycles. The molecular weight excluding hydrogens is 292 g/mol. The lowest BCUT2D eigenvalue weighted by Crippen LogP contribution is -2.22. The highest BCUT2D eigenvalue weighted by molar-refractivity contribution is 4.81. The van der Waals surface area contributed by atoms with Gasteiger partial charge in [-0.15, -0.1) is 0 Å². The van der Waals surface area contributed by atoms with E-state index >= 15 is 0 Å². The van der Waals surface area contributed by atoms with Crippen LogP contribution in [-0.2, 0) is 4.74 Å². The minimum atomic E-state index is 0.532. The Morgan fingerprint density at radius 1 is 0.667 bits per heavy atom. The van der Waals surface area contributed by atoms with Crippen LogP contribution in [0.25, 0.3) is 0 Å². The molecule has 0 heterocycles. The van der Waals surface area contributed by atoms with Gasteiger partial charge in [-0.1, -0.05) is 62.8 Å². The Morgan fingerprint density at radius 2 is 1.17 bits per heavy atom. The van der Waals surface area contributed by atoms with E-state index in [-0.39, 0.29) is 0 Å². The van der Waals surface area contributed by atoms with Gasteiger partial charge in [0, 0.05) is 0 Å². The van der Waals surface area contributed by atoms with E-state index in [2.05, 4.69) is 38.2 Å². The first-order valence-corrected chi connectivity index (χ1v) is 10.7. The smallest absolute Gasteiger partial charge is 0.0651 e. The standard InChI is InChI=1S/C23H40O/c1-3-5-7-8-20-9-11-21(12-10-20)13-14-22-15-17-23(18-16-22)24-19-6-4-2/h3-6,20-23H,7-19H2,1-2H3/b5-3+,6-4+. The first-order valence-electron chi connectivity index (χ1n) is 10.7. The van der Waals surface area contributed by atoms with Crippen molar-refractivity contribution in [2.45, 2.75) is 97.0 Å². The van der Waals surface area contributed by atoms with E-state index in [0.717, 1.165) is 24.4 Å². The zero-order chi connectivity index (χ0) is 17.0. The van der Waals surface area contributed by atoms with Gasteiger partial charge >= 0.3 is 0 Å². The van der Waals surface area contributed by atoms with Gasteiger partial charge in [0.25, 0.3) is 0 Å². The first-order chi connectivity index (χ1) is 11.8. The number of hydrogen-bond donors (Lipinski definition) is 0.